The minimum atomic E-state index is -0.179. The third-order valence-electron chi connectivity index (χ3n) is 4.18. The van der Waals surface area contributed by atoms with Crippen LogP contribution in [0.5, 0.6) is 0 Å². The Bertz CT molecular complexity index is 659. The molecule has 0 bridgehead atoms. The largest absolute Gasteiger partial charge is 0.358 e. The van der Waals surface area contributed by atoms with Crippen LogP contribution >= 0.6 is 24.0 Å². The molecule has 1 aliphatic heterocycles. The lowest BCUT2D eigenvalue weighted by Gasteiger charge is -2.28. The van der Waals surface area contributed by atoms with Crippen molar-refractivity contribution in [3.63, 3.8) is 0 Å². The molecule has 0 aromatic carbocycles. The summed E-state index contributed by atoms with van der Waals surface area (Å²) in [6.45, 7) is 1.96. The molecule has 128 valence electrons. The van der Waals surface area contributed by atoms with Gasteiger partial charge in [0.05, 0.1) is 17.0 Å². The lowest BCUT2D eigenvalue weighted by molar-refractivity contribution is -0.113. The number of thiocarbonyl (C=S) groups is 1. The Kier molecular flexibility index (Phi) is 5.78. The Morgan fingerprint density at radius 3 is 2.83 bits per heavy atom. The first kappa shape index (κ1) is 17.3. The zero-order chi connectivity index (χ0) is 16.9. The highest BCUT2D eigenvalue weighted by atomic mass is 32.2. The van der Waals surface area contributed by atoms with Crippen LogP contribution in [0.4, 0.5) is 5.95 Å². The lowest BCUT2D eigenvalue weighted by atomic mass is 9.96. The number of hydrogen-bond donors (Lipinski definition) is 1. The van der Waals surface area contributed by atoms with Crippen molar-refractivity contribution in [2.24, 2.45) is 0 Å². The molecular weight excluding hydrogens is 344 g/mol. The number of likely N-dealkylation sites (tertiary alicyclic amines) is 1. The molecule has 1 amide bonds. The monoisotopic (exact) mass is 364 g/mol. The molecule has 0 atom stereocenters. The zero-order valence-electron chi connectivity index (χ0n) is 13.4. The molecule has 1 aliphatic carbocycles. The van der Waals surface area contributed by atoms with Crippen LogP contribution in [-0.4, -0.2) is 49.7 Å². The summed E-state index contributed by atoms with van der Waals surface area (Å²) >= 11 is 6.77. The molecule has 3 rings (SSSR count). The minimum absolute atomic E-state index is 0.0802. The number of aromatic nitrogens is 2. The standard InChI is InChI=1S/C16H20N4O2S2/c21-13-6-4-5-12-11(13)9-17-15(18-12)19-14(22)10-24-16(23)20-7-2-1-3-8-20/h9H,1-8,10H2,(H,17,18,19,22). The van der Waals surface area contributed by atoms with Crippen molar-refractivity contribution >= 4 is 45.9 Å². The van der Waals surface area contributed by atoms with Gasteiger partial charge in [0.15, 0.2) is 5.78 Å². The maximum absolute atomic E-state index is 12.1. The Morgan fingerprint density at radius 1 is 1.25 bits per heavy atom. The predicted octanol–water partition coefficient (Wildman–Crippen LogP) is 2.44. The molecular formula is C16H20N4O2S2. The Hall–Kier alpha value is -1.54. The van der Waals surface area contributed by atoms with Gasteiger partial charge < -0.3 is 4.90 Å². The Morgan fingerprint density at radius 2 is 2.04 bits per heavy atom. The zero-order valence-corrected chi connectivity index (χ0v) is 15.0. The van der Waals surface area contributed by atoms with E-state index in [2.05, 4.69) is 20.2 Å². The van der Waals surface area contributed by atoms with E-state index in [4.69, 9.17) is 12.2 Å². The summed E-state index contributed by atoms with van der Waals surface area (Å²) < 4.78 is 0.779. The molecule has 0 unspecified atom stereocenters. The van der Waals surface area contributed by atoms with E-state index in [1.54, 1.807) is 0 Å². The van der Waals surface area contributed by atoms with E-state index < -0.39 is 0 Å². The van der Waals surface area contributed by atoms with Gasteiger partial charge in [0, 0.05) is 25.7 Å². The average molecular weight is 364 g/mol. The average Bonchev–Trinajstić information content (AvgIpc) is 2.60. The van der Waals surface area contributed by atoms with Crippen molar-refractivity contribution in [2.75, 3.05) is 24.2 Å². The van der Waals surface area contributed by atoms with E-state index in [1.165, 1.54) is 24.4 Å². The maximum Gasteiger partial charge on any atom is 0.237 e. The van der Waals surface area contributed by atoms with Gasteiger partial charge in [-0.05, 0) is 32.1 Å². The molecule has 1 fully saturated rings. The smallest absolute Gasteiger partial charge is 0.237 e. The predicted molar refractivity (Wildman–Crippen MR) is 98.4 cm³/mol. The highest BCUT2D eigenvalue weighted by molar-refractivity contribution is 8.23. The van der Waals surface area contributed by atoms with Crippen molar-refractivity contribution in [3.05, 3.63) is 17.5 Å². The second-order valence-corrected chi connectivity index (χ2v) is 7.59. The van der Waals surface area contributed by atoms with E-state index in [-0.39, 0.29) is 23.4 Å². The molecule has 0 saturated carbocycles. The number of carbonyl (C=O) groups excluding carboxylic acids is 2. The Balaban J connectivity index is 1.51. The maximum atomic E-state index is 12.1. The number of aryl methyl sites for hydroxylation is 1. The molecule has 1 aromatic heterocycles. The fourth-order valence-corrected chi connectivity index (χ4v) is 3.96. The number of thioether (sulfide) groups is 1. The van der Waals surface area contributed by atoms with Crippen LogP contribution in [0.3, 0.4) is 0 Å². The molecule has 6 nitrogen and oxygen atoms in total. The summed E-state index contributed by atoms with van der Waals surface area (Å²) in [5.41, 5.74) is 1.31. The highest BCUT2D eigenvalue weighted by Crippen LogP contribution is 2.20. The summed E-state index contributed by atoms with van der Waals surface area (Å²) in [6, 6.07) is 0. The van der Waals surface area contributed by atoms with Gasteiger partial charge in [-0.15, -0.1) is 0 Å². The highest BCUT2D eigenvalue weighted by Gasteiger charge is 2.20. The number of anilines is 1. The molecule has 1 saturated heterocycles. The fraction of sp³-hybridized carbons (Fsp3) is 0.562. The van der Waals surface area contributed by atoms with Gasteiger partial charge in [0.1, 0.15) is 4.32 Å². The van der Waals surface area contributed by atoms with E-state index in [1.807, 2.05) is 0 Å². The van der Waals surface area contributed by atoms with Crippen molar-refractivity contribution < 1.29 is 9.59 Å². The summed E-state index contributed by atoms with van der Waals surface area (Å²) in [5, 5.41) is 2.69. The molecule has 24 heavy (non-hydrogen) atoms. The Labute approximate surface area is 150 Å². The van der Waals surface area contributed by atoms with Gasteiger partial charge in [0.2, 0.25) is 11.9 Å². The van der Waals surface area contributed by atoms with Gasteiger partial charge in [-0.25, -0.2) is 9.97 Å². The molecule has 1 N–H and O–H groups in total. The van der Waals surface area contributed by atoms with Crippen LogP contribution < -0.4 is 5.32 Å². The van der Waals surface area contributed by atoms with Crippen molar-refractivity contribution in [1.82, 2.24) is 14.9 Å². The number of ketones is 1. The van der Waals surface area contributed by atoms with Crippen LogP contribution in [0.25, 0.3) is 0 Å². The number of nitrogens with one attached hydrogen (secondary N) is 1. The quantitative estimate of drug-likeness (QED) is 0.826. The number of hydrogen-bond acceptors (Lipinski definition) is 6. The van der Waals surface area contributed by atoms with Crippen LogP contribution in [-0.2, 0) is 11.2 Å². The normalized spacial score (nSPS) is 17.3. The molecule has 8 heteroatoms. The van der Waals surface area contributed by atoms with Gasteiger partial charge >= 0.3 is 0 Å². The SMILES string of the molecule is O=C(CSC(=S)N1CCCCC1)Nc1ncc2c(n1)CCCC2=O. The van der Waals surface area contributed by atoms with Crippen LogP contribution in [0.2, 0.25) is 0 Å². The molecule has 0 spiro atoms. The third kappa shape index (κ3) is 4.30. The van der Waals surface area contributed by atoms with Gasteiger partial charge in [-0.2, -0.15) is 0 Å². The minimum Gasteiger partial charge on any atom is -0.358 e. The van der Waals surface area contributed by atoms with E-state index in [0.29, 0.717) is 12.0 Å². The summed E-state index contributed by atoms with van der Waals surface area (Å²) in [7, 11) is 0. The molecule has 0 radical (unpaired) electrons. The lowest BCUT2D eigenvalue weighted by Crippen LogP contribution is -2.33. The van der Waals surface area contributed by atoms with Crippen LogP contribution in [0.15, 0.2) is 6.20 Å². The second-order valence-electron chi connectivity index (χ2n) is 5.98. The van der Waals surface area contributed by atoms with Gasteiger partial charge in [-0.3, -0.25) is 14.9 Å². The summed E-state index contributed by atoms with van der Waals surface area (Å²) in [4.78, 5) is 34.4. The first-order valence-electron chi connectivity index (χ1n) is 8.24. The first-order valence-corrected chi connectivity index (χ1v) is 9.63. The number of amides is 1. The molecule has 1 aromatic rings. The van der Waals surface area contributed by atoms with Gasteiger partial charge in [0.25, 0.3) is 0 Å². The molecule has 2 aliphatic rings. The number of piperidine rings is 1. The first-order chi connectivity index (χ1) is 11.6. The topological polar surface area (TPSA) is 75.2 Å². The number of Topliss-reactive ketones (excluding diaryl/α,β-unsaturated/α-hetero) is 1. The number of rotatable bonds is 3. The van der Waals surface area contributed by atoms with Crippen molar-refractivity contribution in [1.29, 1.82) is 0 Å². The van der Waals surface area contributed by atoms with Crippen molar-refractivity contribution in [2.45, 2.75) is 38.5 Å². The van der Waals surface area contributed by atoms with E-state index in [0.717, 1.165) is 48.8 Å². The second kappa shape index (κ2) is 8.02. The fourth-order valence-electron chi connectivity index (χ4n) is 2.91. The van der Waals surface area contributed by atoms with Crippen molar-refractivity contribution in [3.8, 4) is 0 Å². The van der Waals surface area contributed by atoms with Gasteiger partial charge in [-0.1, -0.05) is 24.0 Å². The number of fused-ring (bicyclic) bond motifs is 1. The number of carbonyl (C=O) groups is 2. The van der Waals surface area contributed by atoms with Crippen LogP contribution in [0.1, 0.15) is 48.2 Å². The molecule has 2 heterocycles. The number of nitrogens with zero attached hydrogens (tertiary/aromatic N) is 3. The third-order valence-corrected chi connectivity index (χ3v) is 5.70. The summed E-state index contributed by atoms with van der Waals surface area (Å²) in [6.07, 6.45) is 7.19. The summed E-state index contributed by atoms with van der Waals surface area (Å²) in [5.74, 6) is 0.408. The van der Waals surface area contributed by atoms with E-state index in [9.17, 15) is 9.59 Å². The van der Waals surface area contributed by atoms with E-state index >= 15 is 0 Å². The van der Waals surface area contributed by atoms with Crippen LogP contribution in [0, 0.1) is 0 Å².